The number of nitrogens with zero attached hydrogens (tertiary/aromatic N) is 5. The first-order chi connectivity index (χ1) is 22.6. The molecule has 3 heterocycles. The topological polar surface area (TPSA) is 101 Å². The molecule has 1 aliphatic heterocycles. The van der Waals surface area contributed by atoms with Gasteiger partial charge in [0, 0.05) is 19.6 Å². The van der Waals surface area contributed by atoms with E-state index >= 15 is 0 Å². The highest BCUT2D eigenvalue weighted by atomic mass is 16.5. The molecular weight excluding hydrogens is 576 g/mol. The lowest BCUT2D eigenvalue weighted by atomic mass is 9.79. The zero-order chi connectivity index (χ0) is 31.5. The van der Waals surface area contributed by atoms with E-state index in [-0.39, 0.29) is 12.1 Å². The number of anilines is 1. The lowest BCUT2D eigenvalue weighted by Crippen LogP contribution is -2.40. The lowest BCUT2D eigenvalue weighted by molar-refractivity contribution is -0.0564. The molecule has 2 atom stereocenters. The molecule has 0 amide bonds. The number of methoxy groups -OCH3 is 2. The summed E-state index contributed by atoms with van der Waals surface area (Å²) in [7, 11) is 3.35. The molecule has 4 aromatic carbocycles. The molecule has 1 fully saturated rings. The average Bonchev–Trinajstić information content (AvgIpc) is 3.72. The molecule has 0 spiro atoms. The number of aromatic nitrogens is 4. The maximum atomic E-state index is 7.64. The van der Waals surface area contributed by atoms with Crippen LogP contribution in [0.15, 0.2) is 122 Å². The normalized spacial score (nSPS) is 16.9. The van der Waals surface area contributed by atoms with Crippen LogP contribution in [-0.2, 0) is 16.9 Å². The van der Waals surface area contributed by atoms with Gasteiger partial charge in [-0.25, -0.2) is 15.0 Å². The molecule has 7 rings (SSSR count). The predicted molar refractivity (Wildman–Crippen MR) is 178 cm³/mol. The molecule has 2 aromatic heterocycles. The van der Waals surface area contributed by atoms with Gasteiger partial charge in [0.25, 0.3) is 0 Å². The van der Waals surface area contributed by atoms with Gasteiger partial charge in [-0.3, -0.25) is 4.90 Å². The predicted octanol–water partition coefficient (Wildman–Crippen LogP) is 5.86. The maximum absolute atomic E-state index is 7.64. The first kappa shape index (κ1) is 29.5. The minimum absolute atomic E-state index is 0.123. The van der Waals surface area contributed by atoms with E-state index in [1.807, 2.05) is 42.7 Å². The average molecular weight is 613 g/mol. The van der Waals surface area contributed by atoms with Crippen LogP contribution in [-0.4, -0.2) is 57.8 Å². The van der Waals surface area contributed by atoms with Crippen molar-refractivity contribution >= 4 is 17.0 Å². The van der Waals surface area contributed by atoms with Gasteiger partial charge >= 0.3 is 0 Å². The molecule has 6 aromatic rings. The lowest BCUT2D eigenvalue weighted by Gasteiger charge is -2.39. The minimum atomic E-state index is -0.976. The van der Waals surface area contributed by atoms with Crippen molar-refractivity contribution in [2.45, 2.75) is 24.3 Å². The van der Waals surface area contributed by atoms with Crippen LogP contribution in [0.2, 0.25) is 0 Å². The molecule has 2 N–H and O–H groups in total. The third-order valence-corrected chi connectivity index (χ3v) is 8.81. The number of ether oxygens (including phenoxy) is 3. The maximum Gasteiger partial charge on any atom is 0.165 e. The molecular formula is C37H36N6O3. The van der Waals surface area contributed by atoms with Crippen molar-refractivity contribution < 1.29 is 14.2 Å². The van der Waals surface area contributed by atoms with Gasteiger partial charge in [-0.15, -0.1) is 0 Å². The monoisotopic (exact) mass is 612 g/mol. The van der Waals surface area contributed by atoms with Crippen LogP contribution in [0, 0.1) is 0 Å². The molecule has 46 heavy (non-hydrogen) atoms. The van der Waals surface area contributed by atoms with E-state index in [4.69, 9.17) is 19.9 Å². The first-order valence-corrected chi connectivity index (χ1v) is 15.3. The first-order valence-electron chi connectivity index (χ1n) is 15.3. The second-order valence-corrected chi connectivity index (χ2v) is 11.5. The number of rotatable bonds is 10. The van der Waals surface area contributed by atoms with E-state index in [0.29, 0.717) is 23.5 Å². The number of fused-ring (bicyclic) bond motifs is 1. The highest BCUT2D eigenvalue weighted by Crippen LogP contribution is 2.45. The fourth-order valence-corrected chi connectivity index (χ4v) is 6.55. The fraction of sp³-hybridized carbons (Fsp3) is 0.216. The summed E-state index contributed by atoms with van der Waals surface area (Å²) in [4.78, 5) is 15.8. The van der Waals surface area contributed by atoms with Crippen LogP contribution in [0.5, 0.6) is 11.5 Å². The van der Waals surface area contributed by atoms with Crippen molar-refractivity contribution in [3.63, 3.8) is 0 Å². The third-order valence-electron chi connectivity index (χ3n) is 8.81. The number of benzene rings is 4. The standard InChI is InChI=1S/C37H36N6O3/c1-44-30-17-13-28(14-18-30)37(27-11-7-4-8-12-27,29-15-19-31(45-2)20-16-29)46-33-23-42(21-26-9-5-3-6-10-26)22-32(33)43-25-41-34-35(38)39-24-40-36(34)43/h3-20,24-25,32-33H,21-23H2,1-2H3,(H2,38,39,40)/t32-,33+/m0/s1. The zero-order valence-electron chi connectivity index (χ0n) is 25.9. The zero-order valence-corrected chi connectivity index (χ0v) is 25.9. The van der Waals surface area contributed by atoms with Crippen molar-refractivity contribution in [2.24, 2.45) is 0 Å². The Morgan fingerprint density at radius 3 is 1.91 bits per heavy atom. The van der Waals surface area contributed by atoms with Crippen LogP contribution in [0.25, 0.3) is 11.2 Å². The van der Waals surface area contributed by atoms with Gasteiger partial charge < -0.3 is 24.5 Å². The minimum Gasteiger partial charge on any atom is -0.497 e. The SMILES string of the molecule is COc1ccc(C(O[C@@H]2CN(Cc3ccccc3)C[C@@H]2n2cnc3c(N)ncnc32)(c2ccccc2)c2ccc(OC)cc2)cc1. The summed E-state index contributed by atoms with van der Waals surface area (Å²) in [5.74, 6) is 1.90. The van der Waals surface area contributed by atoms with Crippen molar-refractivity contribution in [3.8, 4) is 11.5 Å². The van der Waals surface area contributed by atoms with Crippen molar-refractivity contribution in [2.75, 3.05) is 33.0 Å². The number of imidazole rings is 1. The van der Waals surface area contributed by atoms with Gasteiger partial charge in [0.15, 0.2) is 11.5 Å². The summed E-state index contributed by atoms with van der Waals surface area (Å²) in [6, 6.07) is 37.1. The van der Waals surface area contributed by atoms with Crippen LogP contribution >= 0.6 is 0 Å². The summed E-state index contributed by atoms with van der Waals surface area (Å²) in [6.07, 6.45) is 3.03. The largest absolute Gasteiger partial charge is 0.497 e. The molecule has 232 valence electrons. The highest BCUT2D eigenvalue weighted by molar-refractivity contribution is 5.81. The molecule has 0 unspecified atom stereocenters. The molecule has 0 aliphatic carbocycles. The number of nitrogens with two attached hydrogens (primary N) is 1. The van der Waals surface area contributed by atoms with Crippen LogP contribution in [0.3, 0.4) is 0 Å². The number of likely N-dealkylation sites (tertiary alicyclic amines) is 1. The molecule has 1 aliphatic rings. The van der Waals surface area contributed by atoms with Gasteiger partial charge in [0.1, 0.15) is 28.9 Å². The van der Waals surface area contributed by atoms with Gasteiger partial charge in [0.2, 0.25) is 0 Å². The Morgan fingerprint density at radius 1 is 0.717 bits per heavy atom. The molecule has 0 bridgehead atoms. The van der Waals surface area contributed by atoms with Gasteiger partial charge in [0.05, 0.1) is 32.7 Å². The fourth-order valence-electron chi connectivity index (χ4n) is 6.55. The summed E-state index contributed by atoms with van der Waals surface area (Å²) >= 11 is 0. The van der Waals surface area contributed by atoms with E-state index in [1.165, 1.54) is 11.9 Å². The van der Waals surface area contributed by atoms with Crippen molar-refractivity contribution in [3.05, 3.63) is 144 Å². The Balaban J connectivity index is 1.39. The van der Waals surface area contributed by atoms with Crippen molar-refractivity contribution in [1.82, 2.24) is 24.4 Å². The van der Waals surface area contributed by atoms with E-state index in [1.54, 1.807) is 14.2 Å². The van der Waals surface area contributed by atoms with Crippen LogP contribution < -0.4 is 15.2 Å². The van der Waals surface area contributed by atoms with Gasteiger partial charge in [-0.2, -0.15) is 0 Å². The number of hydrogen-bond donors (Lipinski definition) is 1. The molecule has 0 radical (unpaired) electrons. The summed E-state index contributed by atoms with van der Waals surface area (Å²) in [5, 5.41) is 0. The van der Waals surface area contributed by atoms with Gasteiger partial charge in [-0.05, 0) is 46.5 Å². The Morgan fingerprint density at radius 2 is 1.30 bits per heavy atom. The number of nitrogen functional groups attached to an aromatic ring is 1. The van der Waals surface area contributed by atoms with E-state index in [2.05, 4.69) is 97.2 Å². The molecule has 0 saturated carbocycles. The third kappa shape index (κ3) is 5.44. The van der Waals surface area contributed by atoms with E-state index < -0.39 is 5.60 Å². The van der Waals surface area contributed by atoms with E-state index in [9.17, 15) is 0 Å². The van der Waals surface area contributed by atoms with Crippen molar-refractivity contribution in [1.29, 1.82) is 0 Å². The Bertz CT molecular complexity index is 1850. The van der Waals surface area contributed by atoms with Gasteiger partial charge in [-0.1, -0.05) is 84.9 Å². The number of hydrogen-bond acceptors (Lipinski definition) is 8. The van der Waals surface area contributed by atoms with Crippen LogP contribution in [0.1, 0.15) is 28.3 Å². The summed E-state index contributed by atoms with van der Waals surface area (Å²) in [5.41, 5.74) is 10.7. The molecule has 1 saturated heterocycles. The Kier molecular flexibility index (Phi) is 8.09. The quantitative estimate of drug-likeness (QED) is 0.192. The summed E-state index contributed by atoms with van der Waals surface area (Å²) < 4.78 is 20.8. The van der Waals surface area contributed by atoms with Crippen LogP contribution in [0.4, 0.5) is 5.82 Å². The smallest absolute Gasteiger partial charge is 0.165 e. The van der Waals surface area contributed by atoms with E-state index in [0.717, 1.165) is 41.3 Å². The summed E-state index contributed by atoms with van der Waals surface area (Å²) in [6.45, 7) is 2.19. The molecule has 9 heteroatoms. The Hall–Kier alpha value is -5.25. The Labute approximate surface area is 268 Å². The second kappa shape index (κ2) is 12.6. The highest BCUT2D eigenvalue weighted by Gasteiger charge is 2.45. The molecule has 9 nitrogen and oxygen atoms in total. The second-order valence-electron chi connectivity index (χ2n) is 11.5.